The number of hydrogen-bond donors (Lipinski definition) is 1. The number of esters is 1. The summed E-state index contributed by atoms with van der Waals surface area (Å²) in [5, 5.41) is 2.52. The lowest BCUT2D eigenvalue weighted by Gasteiger charge is -2.08. The van der Waals surface area contributed by atoms with Crippen molar-refractivity contribution < 1.29 is 14.3 Å². The molecule has 3 aromatic rings. The summed E-state index contributed by atoms with van der Waals surface area (Å²) in [5.41, 5.74) is 3.27. The molecule has 1 N–H and O–H groups in total. The predicted octanol–water partition coefficient (Wildman–Crippen LogP) is 4.40. The number of rotatable bonds is 7. The zero-order chi connectivity index (χ0) is 18.7. The summed E-state index contributed by atoms with van der Waals surface area (Å²) in [4.78, 5) is 32.2. The van der Waals surface area contributed by atoms with Crippen molar-refractivity contribution in [1.29, 1.82) is 0 Å². The molecule has 7 heteroatoms. The molecule has 1 atom stereocenters. The van der Waals surface area contributed by atoms with Crippen LogP contribution < -0.4 is 0 Å². The number of thioether (sulfide) groups is 1. The van der Waals surface area contributed by atoms with Crippen molar-refractivity contribution in [3.63, 3.8) is 0 Å². The van der Waals surface area contributed by atoms with Crippen molar-refractivity contribution in [2.45, 2.75) is 36.8 Å². The highest BCUT2D eigenvalue weighted by atomic mass is 32.2. The lowest BCUT2D eigenvalue weighted by molar-refractivity contribution is -0.142. The van der Waals surface area contributed by atoms with Gasteiger partial charge in [0.25, 0.3) is 0 Å². The number of Topliss-reactive ketones (excluding diaryl/α,β-unsaturated/α-hetero) is 1. The molecule has 0 aliphatic heterocycles. The highest BCUT2D eigenvalue weighted by Crippen LogP contribution is 2.31. The topological polar surface area (TPSA) is 72.1 Å². The zero-order valence-electron chi connectivity index (χ0n) is 14.9. The van der Waals surface area contributed by atoms with Gasteiger partial charge in [-0.25, -0.2) is 4.98 Å². The van der Waals surface area contributed by atoms with Crippen LogP contribution in [-0.2, 0) is 16.0 Å². The van der Waals surface area contributed by atoms with Crippen LogP contribution in [0.4, 0.5) is 0 Å². The number of para-hydroxylation sites is 1. The van der Waals surface area contributed by atoms with Crippen LogP contribution in [0.1, 0.15) is 35.6 Å². The molecule has 136 valence electrons. The van der Waals surface area contributed by atoms with E-state index in [0.29, 0.717) is 12.3 Å². The molecule has 1 aromatic carbocycles. The van der Waals surface area contributed by atoms with Crippen molar-refractivity contribution in [2.75, 3.05) is 6.61 Å². The standard InChI is InChI=1S/C19H20N2O3S2/c1-4-24-16(22)9-13-10-25-19(21-13)26-12(3)18(23)17-11(2)20-15-8-6-5-7-14(15)17/h5-8,10,12,20H,4,9H2,1-3H3/t12-/m0/s1. The number of carbonyl (C=O) groups excluding carboxylic acids is 2. The van der Waals surface area contributed by atoms with Crippen LogP contribution in [0.2, 0.25) is 0 Å². The number of thiazole rings is 1. The van der Waals surface area contributed by atoms with Gasteiger partial charge in [0.2, 0.25) is 0 Å². The monoisotopic (exact) mass is 388 g/mol. The molecule has 0 amide bonds. The summed E-state index contributed by atoms with van der Waals surface area (Å²) in [6.45, 7) is 5.95. The fourth-order valence-electron chi connectivity index (χ4n) is 2.79. The second kappa shape index (κ2) is 8.05. The SMILES string of the molecule is CCOC(=O)Cc1csc(S[C@@H](C)C(=O)c2c(C)[nH]c3ccccc23)n1. The van der Waals surface area contributed by atoms with Gasteiger partial charge in [0.1, 0.15) is 0 Å². The number of aromatic nitrogens is 2. The first-order valence-corrected chi connectivity index (χ1v) is 10.1. The van der Waals surface area contributed by atoms with Crippen molar-refractivity contribution >= 4 is 45.8 Å². The van der Waals surface area contributed by atoms with E-state index in [1.807, 2.05) is 43.5 Å². The van der Waals surface area contributed by atoms with Crippen LogP contribution >= 0.6 is 23.1 Å². The van der Waals surface area contributed by atoms with Gasteiger partial charge >= 0.3 is 5.97 Å². The van der Waals surface area contributed by atoms with Gasteiger partial charge in [-0.3, -0.25) is 9.59 Å². The Morgan fingerprint density at radius 2 is 2.12 bits per heavy atom. The van der Waals surface area contributed by atoms with E-state index in [4.69, 9.17) is 4.74 Å². The molecule has 0 spiro atoms. The largest absolute Gasteiger partial charge is 0.466 e. The number of benzene rings is 1. The molecule has 0 aliphatic rings. The van der Waals surface area contributed by atoms with E-state index in [-0.39, 0.29) is 23.4 Å². The molecule has 0 fully saturated rings. The number of aromatic amines is 1. The van der Waals surface area contributed by atoms with E-state index in [2.05, 4.69) is 9.97 Å². The van der Waals surface area contributed by atoms with Crippen molar-refractivity contribution in [2.24, 2.45) is 0 Å². The molecule has 5 nitrogen and oxygen atoms in total. The highest BCUT2D eigenvalue weighted by Gasteiger charge is 2.23. The van der Waals surface area contributed by atoms with E-state index in [0.717, 1.165) is 26.5 Å². The molecule has 26 heavy (non-hydrogen) atoms. The third-order valence-corrected chi connectivity index (χ3v) is 6.07. The van der Waals surface area contributed by atoms with Gasteiger partial charge in [-0.05, 0) is 26.8 Å². The number of hydrogen-bond acceptors (Lipinski definition) is 6. The summed E-state index contributed by atoms with van der Waals surface area (Å²) < 4.78 is 5.72. The number of ether oxygens (including phenoxy) is 1. The average Bonchev–Trinajstić information content (AvgIpc) is 3.17. The number of ketones is 1. The number of nitrogens with one attached hydrogen (secondary N) is 1. The van der Waals surface area contributed by atoms with Gasteiger partial charge in [0.15, 0.2) is 10.1 Å². The average molecular weight is 389 g/mol. The normalized spacial score (nSPS) is 12.3. The first-order chi connectivity index (χ1) is 12.5. The second-order valence-corrected chi connectivity index (χ2v) is 8.33. The second-order valence-electron chi connectivity index (χ2n) is 5.88. The van der Waals surface area contributed by atoms with Gasteiger partial charge in [-0.15, -0.1) is 11.3 Å². The summed E-state index contributed by atoms with van der Waals surface area (Å²) in [7, 11) is 0. The van der Waals surface area contributed by atoms with Crippen molar-refractivity contribution in [3.8, 4) is 0 Å². The molecule has 0 bridgehead atoms. The number of aryl methyl sites for hydroxylation is 1. The minimum absolute atomic E-state index is 0.0760. The zero-order valence-corrected chi connectivity index (χ0v) is 16.5. The number of fused-ring (bicyclic) bond motifs is 1. The van der Waals surface area contributed by atoms with Crippen LogP contribution in [0.25, 0.3) is 10.9 Å². The Morgan fingerprint density at radius 3 is 2.88 bits per heavy atom. The predicted molar refractivity (Wildman–Crippen MR) is 105 cm³/mol. The third-order valence-electron chi connectivity index (χ3n) is 3.95. The lowest BCUT2D eigenvalue weighted by atomic mass is 10.1. The van der Waals surface area contributed by atoms with Crippen molar-refractivity contribution in [3.05, 3.63) is 46.6 Å². The molecule has 0 unspecified atom stereocenters. The Labute approximate surface area is 160 Å². The smallest absolute Gasteiger partial charge is 0.311 e. The molecule has 0 saturated carbocycles. The first-order valence-electron chi connectivity index (χ1n) is 8.37. The molecular formula is C19H20N2O3S2. The van der Waals surface area contributed by atoms with Gasteiger partial charge in [-0.1, -0.05) is 30.0 Å². The summed E-state index contributed by atoms with van der Waals surface area (Å²) in [6.07, 6.45) is 0.161. The Kier molecular flexibility index (Phi) is 5.78. The van der Waals surface area contributed by atoms with E-state index < -0.39 is 0 Å². The molecule has 0 saturated heterocycles. The van der Waals surface area contributed by atoms with Crippen LogP contribution in [0, 0.1) is 6.92 Å². The fraction of sp³-hybridized carbons (Fsp3) is 0.316. The van der Waals surface area contributed by atoms with Gasteiger partial charge in [0.05, 0.1) is 24.0 Å². The van der Waals surface area contributed by atoms with Crippen LogP contribution in [-0.4, -0.2) is 33.6 Å². The third kappa shape index (κ3) is 3.99. The van der Waals surface area contributed by atoms with Gasteiger partial charge in [-0.2, -0.15) is 0 Å². The maximum Gasteiger partial charge on any atom is 0.311 e. The highest BCUT2D eigenvalue weighted by molar-refractivity contribution is 8.02. The minimum atomic E-state index is -0.284. The van der Waals surface area contributed by atoms with E-state index >= 15 is 0 Å². The maximum absolute atomic E-state index is 13.0. The van der Waals surface area contributed by atoms with E-state index in [9.17, 15) is 9.59 Å². The van der Waals surface area contributed by atoms with Crippen LogP contribution in [0.3, 0.4) is 0 Å². The molecule has 2 heterocycles. The molecule has 3 rings (SSSR count). The number of H-pyrrole nitrogens is 1. The van der Waals surface area contributed by atoms with Crippen molar-refractivity contribution in [1.82, 2.24) is 9.97 Å². The van der Waals surface area contributed by atoms with Gasteiger partial charge < -0.3 is 9.72 Å². The molecule has 0 aliphatic carbocycles. The molecule has 2 aromatic heterocycles. The summed E-state index contributed by atoms with van der Waals surface area (Å²) >= 11 is 2.86. The quantitative estimate of drug-likeness (QED) is 0.369. The summed E-state index contributed by atoms with van der Waals surface area (Å²) in [6, 6.07) is 7.82. The Bertz CT molecular complexity index is 945. The molecular weight excluding hydrogens is 368 g/mol. The Hall–Kier alpha value is -2.12. The van der Waals surface area contributed by atoms with E-state index in [1.165, 1.54) is 23.1 Å². The first kappa shape index (κ1) is 18.7. The maximum atomic E-state index is 13.0. The Balaban J connectivity index is 1.72. The number of nitrogens with zero attached hydrogens (tertiary/aromatic N) is 1. The lowest BCUT2D eigenvalue weighted by Crippen LogP contribution is -2.14. The minimum Gasteiger partial charge on any atom is -0.466 e. The summed E-state index contributed by atoms with van der Waals surface area (Å²) in [5.74, 6) is -0.208. The molecule has 0 radical (unpaired) electrons. The van der Waals surface area contributed by atoms with Gasteiger partial charge in [0, 0.05) is 27.5 Å². The van der Waals surface area contributed by atoms with Crippen LogP contribution in [0.15, 0.2) is 34.0 Å². The number of carbonyl (C=O) groups is 2. The fourth-order valence-corrected chi connectivity index (χ4v) is 4.83. The van der Waals surface area contributed by atoms with Crippen LogP contribution in [0.5, 0.6) is 0 Å². The Morgan fingerprint density at radius 1 is 1.35 bits per heavy atom. The van der Waals surface area contributed by atoms with E-state index in [1.54, 1.807) is 6.92 Å².